The molecule has 172 valence electrons. The first-order valence-corrected chi connectivity index (χ1v) is 10.5. The fourth-order valence-corrected chi connectivity index (χ4v) is 2.99. The maximum Gasteiger partial charge on any atom is 0.416 e. The zero-order valence-electron chi connectivity index (χ0n) is 17.8. The van der Waals surface area contributed by atoms with E-state index in [0.717, 1.165) is 30.5 Å². The molecule has 6 nitrogen and oxygen atoms in total. The first-order valence-electron chi connectivity index (χ1n) is 10.5. The predicted molar refractivity (Wildman–Crippen MR) is 116 cm³/mol. The third-order valence-electron chi connectivity index (χ3n) is 4.88. The van der Waals surface area contributed by atoms with Crippen LogP contribution in [0.25, 0.3) is 0 Å². The standard InChI is InChI=1S/C23H27F3N4O2/c1-27-22(29-14-17-3-2-4-18(13-17)23(24,25)26)28-12-11-16-5-9-20(10-6-16)32-15-21(31)30-19-7-8-19/h2-6,9-10,13,19H,7-8,11-12,14-15H2,1H3,(H,30,31)(H2,27,28,29). The molecule has 0 aliphatic heterocycles. The molecule has 0 spiro atoms. The maximum absolute atomic E-state index is 12.8. The highest BCUT2D eigenvalue weighted by atomic mass is 19.4. The number of nitrogens with zero attached hydrogens (tertiary/aromatic N) is 1. The average Bonchev–Trinajstić information content (AvgIpc) is 3.59. The molecule has 1 fully saturated rings. The van der Waals surface area contributed by atoms with Gasteiger partial charge in [0.25, 0.3) is 5.91 Å². The van der Waals surface area contributed by atoms with E-state index in [1.807, 2.05) is 24.3 Å². The molecular weight excluding hydrogens is 421 g/mol. The lowest BCUT2D eigenvalue weighted by Gasteiger charge is -2.13. The van der Waals surface area contributed by atoms with Gasteiger partial charge < -0.3 is 20.7 Å². The summed E-state index contributed by atoms with van der Waals surface area (Å²) in [6.45, 7) is 0.821. The van der Waals surface area contributed by atoms with Crippen molar-refractivity contribution < 1.29 is 22.7 Å². The Morgan fingerprint density at radius 3 is 2.50 bits per heavy atom. The number of amides is 1. The van der Waals surface area contributed by atoms with Gasteiger partial charge in [-0.15, -0.1) is 0 Å². The Kier molecular flexibility index (Phi) is 7.97. The molecule has 2 aromatic carbocycles. The maximum atomic E-state index is 12.8. The second-order valence-corrected chi connectivity index (χ2v) is 7.58. The number of halogens is 3. The molecular formula is C23H27F3N4O2. The van der Waals surface area contributed by atoms with Crippen molar-refractivity contribution >= 4 is 11.9 Å². The minimum Gasteiger partial charge on any atom is -0.484 e. The Balaban J connectivity index is 1.38. The van der Waals surface area contributed by atoms with Crippen LogP contribution in [0.5, 0.6) is 5.75 Å². The third kappa shape index (κ3) is 7.79. The highest BCUT2D eigenvalue weighted by Crippen LogP contribution is 2.29. The van der Waals surface area contributed by atoms with Crippen molar-refractivity contribution in [3.63, 3.8) is 0 Å². The molecule has 9 heteroatoms. The lowest BCUT2D eigenvalue weighted by molar-refractivity contribution is -0.137. The molecule has 0 atom stereocenters. The Labute approximate surface area is 185 Å². The number of hydrogen-bond acceptors (Lipinski definition) is 3. The van der Waals surface area contributed by atoms with Crippen molar-refractivity contribution in [1.82, 2.24) is 16.0 Å². The SMILES string of the molecule is CN=C(NCCc1ccc(OCC(=O)NC2CC2)cc1)NCc1cccc(C(F)(F)F)c1. The monoisotopic (exact) mass is 448 g/mol. The van der Waals surface area contributed by atoms with E-state index >= 15 is 0 Å². The summed E-state index contributed by atoms with van der Waals surface area (Å²) in [4.78, 5) is 15.8. The molecule has 1 aliphatic rings. The summed E-state index contributed by atoms with van der Waals surface area (Å²) < 4.78 is 44.0. The molecule has 1 saturated carbocycles. The van der Waals surface area contributed by atoms with E-state index in [1.54, 1.807) is 13.1 Å². The Morgan fingerprint density at radius 1 is 1.09 bits per heavy atom. The molecule has 0 saturated heterocycles. The van der Waals surface area contributed by atoms with Crippen molar-refractivity contribution in [3.05, 3.63) is 65.2 Å². The molecule has 0 bridgehead atoms. The summed E-state index contributed by atoms with van der Waals surface area (Å²) in [5.41, 5.74) is 0.917. The zero-order chi connectivity index (χ0) is 23.0. The second-order valence-electron chi connectivity index (χ2n) is 7.58. The van der Waals surface area contributed by atoms with Crippen LogP contribution in [0.3, 0.4) is 0 Å². The normalized spacial score (nSPS) is 14.1. The highest BCUT2D eigenvalue weighted by Gasteiger charge is 2.30. The highest BCUT2D eigenvalue weighted by molar-refractivity contribution is 5.79. The van der Waals surface area contributed by atoms with Crippen molar-refractivity contribution in [1.29, 1.82) is 0 Å². The lowest BCUT2D eigenvalue weighted by Crippen LogP contribution is -2.37. The fourth-order valence-electron chi connectivity index (χ4n) is 2.99. The molecule has 1 aliphatic carbocycles. The van der Waals surface area contributed by atoms with Crippen molar-refractivity contribution in [2.45, 2.75) is 38.0 Å². The van der Waals surface area contributed by atoms with Gasteiger partial charge in [0, 0.05) is 26.2 Å². The van der Waals surface area contributed by atoms with Crippen molar-refractivity contribution in [2.24, 2.45) is 4.99 Å². The van der Waals surface area contributed by atoms with Gasteiger partial charge in [0.1, 0.15) is 5.75 Å². The summed E-state index contributed by atoms with van der Waals surface area (Å²) in [6, 6.07) is 13.0. The zero-order valence-corrected chi connectivity index (χ0v) is 17.8. The molecule has 0 radical (unpaired) electrons. The number of aliphatic imine (C=N–C) groups is 1. The van der Waals surface area contributed by atoms with Crippen LogP contribution in [0.2, 0.25) is 0 Å². The fraction of sp³-hybridized carbons (Fsp3) is 0.391. The van der Waals surface area contributed by atoms with E-state index in [0.29, 0.717) is 36.3 Å². The third-order valence-corrected chi connectivity index (χ3v) is 4.88. The number of carbonyl (C=O) groups is 1. The largest absolute Gasteiger partial charge is 0.484 e. The summed E-state index contributed by atoms with van der Waals surface area (Å²) in [5, 5.41) is 9.03. The van der Waals surface area contributed by atoms with Gasteiger partial charge in [-0.3, -0.25) is 9.79 Å². The number of rotatable bonds is 9. The Bertz CT molecular complexity index is 926. The number of benzene rings is 2. The van der Waals surface area contributed by atoms with Gasteiger partial charge in [0.2, 0.25) is 0 Å². The number of hydrogen-bond donors (Lipinski definition) is 3. The minimum absolute atomic E-state index is 0.00523. The van der Waals surface area contributed by atoms with Crippen LogP contribution >= 0.6 is 0 Å². The van der Waals surface area contributed by atoms with Crippen LogP contribution in [0, 0.1) is 0 Å². The summed E-state index contributed by atoms with van der Waals surface area (Å²) in [6.07, 6.45) is -1.56. The number of nitrogens with one attached hydrogen (secondary N) is 3. The van der Waals surface area contributed by atoms with E-state index in [9.17, 15) is 18.0 Å². The molecule has 3 rings (SSSR count). The second kappa shape index (κ2) is 10.9. The Morgan fingerprint density at radius 2 is 1.84 bits per heavy atom. The molecule has 0 aromatic heterocycles. The van der Waals surface area contributed by atoms with E-state index in [-0.39, 0.29) is 19.1 Å². The molecule has 32 heavy (non-hydrogen) atoms. The van der Waals surface area contributed by atoms with Gasteiger partial charge in [-0.05, 0) is 54.7 Å². The number of carbonyl (C=O) groups excluding carboxylic acids is 1. The van der Waals surface area contributed by atoms with Crippen molar-refractivity contribution in [3.8, 4) is 5.75 Å². The summed E-state index contributed by atoms with van der Waals surface area (Å²) >= 11 is 0. The lowest BCUT2D eigenvalue weighted by atomic mass is 10.1. The first-order chi connectivity index (χ1) is 15.3. The first kappa shape index (κ1) is 23.4. The Hall–Kier alpha value is -3.23. The van der Waals surface area contributed by atoms with Crippen LogP contribution in [0.1, 0.15) is 29.5 Å². The van der Waals surface area contributed by atoms with E-state index in [4.69, 9.17) is 4.74 Å². The van der Waals surface area contributed by atoms with Gasteiger partial charge in [-0.2, -0.15) is 13.2 Å². The number of alkyl halides is 3. The number of guanidine groups is 1. The molecule has 1 amide bonds. The van der Waals surface area contributed by atoms with Gasteiger partial charge >= 0.3 is 6.18 Å². The molecule has 3 N–H and O–H groups in total. The van der Waals surface area contributed by atoms with E-state index < -0.39 is 11.7 Å². The smallest absolute Gasteiger partial charge is 0.416 e. The van der Waals surface area contributed by atoms with Crippen LogP contribution in [0.4, 0.5) is 13.2 Å². The summed E-state index contributed by atoms with van der Waals surface area (Å²) in [7, 11) is 1.60. The van der Waals surface area contributed by atoms with Crippen molar-refractivity contribution in [2.75, 3.05) is 20.2 Å². The molecule has 0 heterocycles. The molecule has 0 unspecified atom stereocenters. The van der Waals surface area contributed by atoms with Gasteiger partial charge in [-0.1, -0.05) is 24.3 Å². The van der Waals surface area contributed by atoms with Gasteiger partial charge in [0.05, 0.1) is 5.56 Å². The minimum atomic E-state index is -4.36. The average molecular weight is 448 g/mol. The van der Waals surface area contributed by atoms with E-state index in [2.05, 4.69) is 20.9 Å². The van der Waals surface area contributed by atoms with Crippen LogP contribution < -0.4 is 20.7 Å². The quantitative estimate of drug-likeness (QED) is 0.407. The van der Waals surface area contributed by atoms with Gasteiger partial charge in [-0.25, -0.2) is 0 Å². The van der Waals surface area contributed by atoms with Gasteiger partial charge in [0.15, 0.2) is 12.6 Å². The topological polar surface area (TPSA) is 74.8 Å². The van der Waals surface area contributed by atoms with Crippen LogP contribution in [-0.2, 0) is 23.9 Å². The number of ether oxygens (including phenoxy) is 1. The van der Waals surface area contributed by atoms with E-state index in [1.165, 1.54) is 6.07 Å². The van der Waals surface area contributed by atoms with Crippen LogP contribution in [-0.4, -0.2) is 38.1 Å². The summed E-state index contributed by atoms with van der Waals surface area (Å²) in [5.74, 6) is 1.03. The van der Waals surface area contributed by atoms with Crippen LogP contribution in [0.15, 0.2) is 53.5 Å². The predicted octanol–water partition coefficient (Wildman–Crippen LogP) is 3.27. The molecule has 2 aromatic rings.